The first-order valence-corrected chi connectivity index (χ1v) is 7.53. The molecule has 0 spiro atoms. The molecule has 1 aromatic carbocycles. The van der Waals surface area contributed by atoms with Gasteiger partial charge in [0.1, 0.15) is 0 Å². The fourth-order valence-electron chi connectivity index (χ4n) is 2.56. The van der Waals surface area contributed by atoms with E-state index in [0.717, 1.165) is 24.7 Å². The number of halogens is 1. The van der Waals surface area contributed by atoms with Crippen LogP contribution in [0.15, 0.2) is 24.3 Å². The molecule has 1 aromatic rings. The Morgan fingerprint density at radius 1 is 1.26 bits per heavy atom. The molecule has 2 nitrogen and oxygen atoms in total. The third-order valence-electron chi connectivity index (χ3n) is 3.85. The molecule has 3 heteroatoms. The second-order valence-corrected chi connectivity index (χ2v) is 7.02. The first-order valence-electron chi connectivity index (χ1n) is 7.15. The second-order valence-electron chi connectivity index (χ2n) is 6.59. The minimum absolute atomic E-state index is 0.308. The molecule has 0 aliphatic carbocycles. The van der Waals surface area contributed by atoms with Gasteiger partial charge < -0.3 is 5.32 Å². The third-order valence-corrected chi connectivity index (χ3v) is 4.10. The van der Waals surface area contributed by atoms with Crippen LogP contribution in [-0.4, -0.2) is 30.6 Å². The third kappa shape index (κ3) is 4.48. The highest BCUT2D eigenvalue weighted by Crippen LogP contribution is 2.22. The first-order chi connectivity index (χ1) is 8.95. The number of hydrogen-bond acceptors (Lipinski definition) is 2. The van der Waals surface area contributed by atoms with Crippen LogP contribution in [0.5, 0.6) is 0 Å². The van der Waals surface area contributed by atoms with Crippen molar-refractivity contribution in [2.24, 2.45) is 5.41 Å². The molecule has 1 aliphatic heterocycles. The van der Waals surface area contributed by atoms with Gasteiger partial charge in [0.25, 0.3) is 0 Å². The van der Waals surface area contributed by atoms with Gasteiger partial charge in [0.15, 0.2) is 0 Å². The Kier molecular flexibility index (Phi) is 4.88. The quantitative estimate of drug-likeness (QED) is 0.891. The molecule has 19 heavy (non-hydrogen) atoms. The molecule has 1 unspecified atom stereocenters. The molecular formula is C16H25ClN2. The molecule has 0 bridgehead atoms. The van der Waals surface area contributed by atoms with Crippen LogP contribution in [0, 0.1) is 5.41 Å². The molecule has 0 aromatic heterocycles. The molecule has 0 amide bonds. The van der Waals surface area contributed by atoms with Gasteiger partial charge in [-0.3, -0.25) is 4.90 Å². The lowest BCUT2D eigenvalue weighted by molar-refractivity contribution is 0.192. The zero-order valence-corrected chi connectivity index (χ0v) is 13.0. The van der Waals surface area contributed by atoms with Crippen molar-refractivity contribution in [1.29, 1.82) is 0 Å². The van der Waals surface area contributed by atoms with E-state index in [-0.39, 0.29) is 0 Å². The molecule has 1 saturated heterocycles. The topological polar surface area (TPSA) is 15.3 Å². The maximum Gasteiger partial charge on any atom is 0.0406 e. The molecule has 0 saturated carbocycles. The zero-order valence-electron chi connectivity index (χ0n) is 12.2. The average molecular weight is 281 g/mol. The highest BCUT2D eigenvalue weighted by molar-refractivity contribution is 6.30. The van der Waals surface area contributed by atoms with E-state index < -0.39 is 0 Å². The molecule has 106 valence electrons. The highest BCUT2D eigenvalue weighted by atomic mass is 35.5. The van der Waals surface area contributed by atoms with Gasteiger partial charge in [-0.1, -0.05) is 44.5 Å². The summed E-state index contributed by atoms with van der Waals surface area (Å²) in [6.07, 6.45) is 1.22. The Morgan fingerprint density at radius 3 is 2.58 bits per heavy atom. The van der Waals surface area contributed by atoms with Crippen molar-refractivity contribution in [2.45, 2.75) is 39.8 Å². The van der Waals surface area contributed by atoms with Crippen molar-refractivity contribution in [3.63, 3.8) is 0 Å². The first kappa shape index (κ1) is 14.8. The SMILES string of the molecule is CC(C)(C)C1CN(Cc2ccc(Cl)cc2)CCCN1. The molecular weight excluding hydrogens is 256 g/mol. The van der Waals surface area contributed by atoms with Crippen LogP contribution in [0.2, 0.25) is 5.02 Å². The van der Waals surface area contributed by atoms with Crippen molar-refractivity contribution in [2.75, 3.05) is 19.6 Å². The van der Waals surface area contributed by atoms with Gasteiger partial charge in [-0.25, -0.2) is 0 Å². The van der Waals surface area contributed by atoms with Crippen LogP contribution >= 0.6 is 11.6 Å². The van der Waals surface area contributed by atoms with E-state index in [1.165, 1.54) is 18.5 Å². The van der Waals surface area contributed by atoms with Crippen molar-refractivity contribution in [3.05, 3.63) is 34.9 Å². The van der Waals surface area contributed by atoms with Gasteiger partial charge in [-0.15, -0.1) is 0 Å². The number of hydrogen-bond donors (Lipinski definition) is 1. The minimum Gasteiger partial charge on any atom is -0.312 e. The summed E-state index contributed by atoms with van der Waals surface area (Å²) in [5, 5.41) is 4.50. The predicted molar refractivity (Wildman–Crippen MR) is 82.6 cm³/mol. The van der Waals surface area contributed by atoms with Gasteiger partial charge in [0, 0.05) is 24.2 Å². The van der Waals surface area contributed by atoms with E-state index in [9.17, 15) is 0 Å². The lowest BCUT2D eigenvalue weighted by atomic mass is 9.86. The minimum atomic E-state index is 0.308. The maximum atomic E-state index is 5.94. The number of rotatable bonds is 2. The van der Waals surface area contributed by atoms with Crippen molar-refractivity contribution >= 4 is 11.6 Å². The number of nitrogens with one attached hydrogen (secondary N) is 1. The van der Waals surface area contributed by atoms with Crippen molar-refractivity contribution < 1.29 is 0 Å². The van der Waals surface area contributed by atoms with Crippen LogP contribution in [0.25, 0.3) is 0 Å². The molecule has 0 radical (unpaired) electrons. The summed E-state index contributed by atoms with van der Waals surface area (Å²) < 4.78 is 0. The van der Waals surface area contributed by atoms with E-state index >= 15 is 0 Å². The standard InChI is InChI=1S/C16H25ClN2/c1-16(2,3)15-12-19(10-4-9-18-15)11-13-5-7-14(17)8-6-13/h5-8,15,18H,4,9-12H2,1-3H3. The average Bonchev–Trinajstić information content (AvgIpc) is 2.57. The Hall–Kier alpha value is -0.570. The fraction of sp³-hybridized carbons (Fsp3) is 0.625. The predicted octanol–water partition coefficient (Wildman–Crippen LogP) is 3.55. The van der Waals surface area contributed by atoms with E-state index in [1.807, 2.05) is 12.1 Å². The lowest BCUT2D eigenvalue weighted by Gasteiger charge is -2.33. The summed E-state index contributed by atoms with van der Waals surface area (Å²) in [5.74, 6) is 0. The number of benzene rings is 1. The van der Waals surface area contributed by atoms with Gasteiger partial charge in [0.05, 0.1) is 0 Å². The van der Waals surface area contributed by atoms with Crippen LogP contribution in [-0.2, 0) is 6.54 Å². The van der Waals surface area contributed by atoms with E-state index in [2.05, 4.69) is 43.1 Å². The van der Waals surface area contributed by atoms with Crippen molar-refractivity contribution in [3.8, 4) is 0 Å². The Labute approximate surface area is 122 Å². The van der Waals surface area contributed by atoms with Crippen LogP contribution in [0.1, 0.15) is 32.8 Å². The number of nitrogens with zero attached hydrogens (tertiary/aromatic N) is 1. The van der Waals surface area contributed by atoms with E-state index in [1.54, 1.807) is 0 Å². The summed E-state index contributed by atoms with van der Waals surface area (Å²) in [6.45, 7) is 11.4. The Balaban J connectivity index is 2.00. The lowest BCUT2D eigenvalue weighted by Crippen LogP contribution is -2.46. The maximum absolute atomic E-state index is 5.94. The van der Waals surface area contributed by atoms with Gasteiger partial charge in [0.2, 0.25) is 0 Å². The van der Waals surface area contributed by atoms with Gasteiger partial charge >= 0.3 is 0 Å². The highest BCUT2D eigenvalue weighted by Gasteiger charge is 2.27. The molecule has 1 heterocycles. The van der Waals surface area contributed by atoms with E-state index in [4.69, 9.17) is 11.6 Å². The summed E-state index contributed by atoms with van der Waals surface area (Å²) in [5.41, 5.74) is 1.65. The molecule has 2 rings (SSSR count). The fourth-order valence-corrected chi connectivity index (χ4v) is 2.69. The summed E-state index contributed by atoms with van der Waals surface area (Å²) in [6, 6.07) is 8.78. The summed E-state index contributed by atoms with van der Waals surface area (Å²) >= 11 is 5.94. The van der Waals surface area contributed by atoms with Crippen molar-refractivity contribution in [1.82, 2.24) is 10.2 Å². The Bertz CT molecular complexity index is 394. The molecule has 1 N–H and O–H groups in total. The van der Waals surface area contributed by atoms with Gasteiger partial charge in [-0.05, 0) is 42.6 Å². The zero-order chi connectivity index (χ0) is 13.9. The van der Waals surface area contributed by atoms with Crippen LogP contribution in [0.4, 0.5) is 0 Å². The van der Waals surface area contributed by atoms with Gasteiger partial charge in [-0.2, -0.15) is 0 Å². The summed E-state index contributed by atoms with van der Waals surface area (Å²) in [7, 11) is 0. The monoisotopic (exact) mass is 280 g/mol. The second kappa shape index (κ2) is 6.25. The van der Waals surface area contributed by atoms with E-state index in [0.29, 0.717) is 11.5 Å². The molecule has 1 fully saturated rings. The van der Waals surface area contributed by atoms with Crippen LogP contribution < -0.4 is 5.32 Å². The van der Waals surface area contributed by atoms with Crippen LogP contribution in [0.3, 0.4) is 0 Å². The smallest absolute Gasteiger partial charge is 0.0406 e. The normalized spacial score (nSPS) is 22.2. The molecule has 1 aliphatic rings. The Morgan fingerprint density at radius 2 is 1.95 bits per heavy atom. The summed E-state index contributed by atoms with van der Waals surface area (Å²) in [4.78, 5) is 2.55. The molecule has 1 atom stereocenters. The largest absolute Gasteiger partial charge is 0.312 e.